The summed E-state index contributed by atoms with van der Waals surface area (Å²) in [6.45, 7) is -6.34. The van der Waals surface area contributed by atoms with Gasteiger partial charge in [-0.15, -0.1) is 0 Å². The number of alkyl carbamates (subject to hydrolysis) is 1. The van der Waals surface area contributed by atoms with Gasteiger partial charge in [0.1, 0.15) is 6.56 Å². The van der Waals surface area contributed by atoms with E-state index < -0.39 is 89.6 Å². The topological polar surface area (TPSA) is 57.4 Å². The Bertz CT molecular complexity index is 1270. The van der Waals surface area contributed by atoms with Crippen LogP contribution in [0.5, 0.6) is 0 Å². The third-order valence-electron chi connectivity index (χ3n) is 2.41. The van der Waals surface area contributed by atoms with Crippen LogP contribution in [0.1, 0.15) is 28.9 Å². The molecule has 1 atom stereocenters. The van der Waals surface area contributed by atoms with Gasteiger partial charge in [-0.3, -0.25) is 0 Å². The molecule has 1 saturated heterocycles. The molecule has 5 heteroatoms. The van der Waals surface area contributed by atoms with Crippen molar-refractivity contribution >= 4 is 17.0 Å². The van der Waals surface area contributed by atoms with E-state index >= 15 is 0 Å². The van der Waals surface area contributed by atoms with Crippen LogP contribution >= 0.6 is 0 Å². The summed E-state index contributed by atoms with van der Waals surface area (Å²) in [6.07, 6.45) is -9.47. The lowest BCUT2D eigenvalue weighted by Gasteiger charge is -2.09. The van der Waals surface area contributed by atoms with Crippen LogP contribution in [0.3, 0.4) is 0 Å². The first-order valence-corrected chi connectivity index (χ1v) is 5.87. The van der Waals surface area contributed by atoms with Crippen molar-refractivity contribution in [1.29, 1.82) is 0 Å². The molecule has 0 unspecified atom stereocenters. The molecule has 2 aromatic rings. The van der Waals surface area contributed by atoms with E-state index in [0.717, 1.165) is 4.90 Å². The highest BCUT2D eigenvalue weighted by molar-refractivity contribution is 5.84. The predicted molar refractivity (Wildman–Crippen MR) is 82.5 cm³/mol. The number of aromatic nitrogens is 1. The second kappa shape index (κ2) is 5.77. The highest BCUT2D eigenvalue weighted by atomic mass is 16.6. The van der Waals surface area contributed by atoms with Gasteiger partial charge in [-0.1, -0.05) is 6.04 Å². The molecule has 0 bridgehead atoms. The van der Waals surface area contributed by atoms with E-state index in [9.17, 15) is 4.79 Å². The van der Waals surface area contributed by atoms with E-state index in [0.29, 0.717) is 0 Å². The molecule has 1 fully saturated rings. The Labute approximate surface area is 145 Å². The number of rotatable bonds is 5. The Kier molecular flexibility index (Phi) is 1.30. The number of nitrogens with zero attached hydrogens (tertiary/aromatic N) is 1. The van der Waals surface area contributed by atoms with Crippen LogP contribution < -0.4 is 5.31 Å². The molecule has 0 radical (unpaired) electrons. The van der Waals surface area contributed by atoms with Gasteiger partial charge in [-0.2, -0.15) is 0 Å². The van der Waals surface area contributed by atoms with Crippen LogP contribution in [0, 0.1) is 0 Å². The second-order valence-electron chi connectivity index (χ2n) is 4.26. The molecule has 0 aliphatic carbocycles. The van der Waals surface area contributed by atoms with E-state index in [4.69, 9.17) is 20.6 Å². The number of likely N-dealkylation sites (N-methyl/N-ethyl adjacent to an activating group) is 1. The van der Waals surface area contributed by atoms with E-state index in [2.05, 4.69) is 4.74 Å². The van der Waals surface area contributed by atoms with Crippen molar-refractivity contribution in [2.24, 2.45) is 0 Å². The minimum atomic E-state index is -3.61. The molecule has 1 aliphatic rings. The van der Waals surface area contributed by atoms with Crippen LogP contribution in [0.25, 0.3) is 10.9 Å². The number of nitrogens with one attached hydrogen (secondary N) is 2. The Morgan fingerprint density at radius 1 is 1.67 bits per heavy atom. The number of carbonyl (C=O) groups excluding carboxylic acids is 1. The minimum Gasteiger partial charge on any atom is -0.447 e. The van der Waals surface area contributed by atoms with E-state index in [1.54, 1.807) is 0 Å². The number of hydrogen-bond acceptors (Lipinski definition) is 3. The van der Waals surface area contributed by atoms with Crippen LogP contribution in [-0.4, -0.2) is 49.1 Å². The van der Waals surface area contributed by atoms with Gasteiger partial charge < -0.3 is 19.9 Å². The standard InChI is InChI=1S/C16H21N3O2/c1-19(2)6-5-12-9-17-15-4-3-11(8-14(12)15)7-13-10-21-16(20)18-13/h3-4,8-9,13,17H,5-7,10H2,1-2H3,(H,18,20)/t13-/m0/s1/i3D,4D,5D2,6D2,7D2,8D,9D,10D2,13D/hD2. The first-order valence-electron chi connectivity index (χ1n) is 13.3. The average Bonchev–Trinajstić information content (AvgIpc) is 3.09. The largest absolute Gasteiger partial charge is 0.447 e. The maximum atomic E-state index is 11.9. The van der Waals surface area contributed by atoms with Gasteiger partial charge in [0.15, 0.2) is 2.82 Å². The summed E-state index contributed by atoms with van der Waals surface area (Å²) in [4.78, 5) is 12.9. The molecule has 0 saturated carbocycles. The van der Waals surface area contributed by atoms with Crippen LogP contribution in [0.15, 0.2) is 24.3 Å². The first kappa shape index (κ1) is 4.74. The van der Waals surface area contributed by atoms with Gasteiger partial charge in [-0.25, -0.2) is 4.79 Å². The fraction of sp³-hybridized carbons (Fsp3) is 0.438. The zero-order chi connectivity index (χ0) is 28.1. The summed E-state index contributed by atoms with van der Waals surface area (Å²) in [5.41, 5.74) is -2.81. The van der Waals surface area contributed by atoms with Crippen molar-refractivity contribution in [3.05, 3.63) is 35.4 Å². The number of aromatic amines is 1. The molecule has 21 heavy (non-hydrogen) atoms. The molecule has 2 heterocycles. The molecule has 1 aromatic carbocycles. The molecule has 2 N–H and O–H groups in total. The Hall–Kier alpha value is -2.01. The van der Waals surface area contributed by atoms with E-state index in [1.807, 2.05) is 0 Å². The highest BCUT2D eigenvalue weighted by Gasteiger charge is 2.22. The zero-order valence-corrected chi connectivity index (χ0v) is 11.2. The third kappa shape index (κ3) is 3.19. The fourth-order valence-electron chi connectivity index (χ4n) is 1.55. The number of cyclic esters (lactones) is 1. The lowest BCUT2D eigenvalue weighted by Crippen LogP contribution is -2.28. The van der Waals surface area contributed by atoms with Crippen LogP contribution in [0.4, 0.5) is 4.79 Å². The molecule has 0 spiro atoms. The minimum absolute atomic E-state index is 0.195. The summed E-state index contributed by atoms with van der Waals surface area (Å²) >= 11 is 0. The lowest BCUT2D eigenvalue weighted by molar-refractivity contribution is 0.177. The number of ether oxygens (including phenoxy) is 1. The lowest BCUT2D eigenvalue weighted by atomic mass is 10.0. The predicted octanol–water partition coefficient (Wildman–Crippen LogP) is 1.92. The number of amides is 1. The van der Waals surface area contributed by atoms with Gasteiger partial charge in [0.25, 0.3) is 0 Å². The van der Waals surface area contributed by atoms with E-state index in [-0.39, 0.29) is 4.98 Å². The first-order chi connectivity index (χ1) is 16.0. The number of carbonyl (C=O) groups is 1. The molecular weight excluding hydrogens is 266 g/mol. The van der Waals surface area contributed by atoms with Crippen molar-refractivity contribution in [3.63, 3.8) is 0 Å². The number of fused-ring (bicyclic) bond motifs is 1. The SMILES string of the molecule is [2H]c1c(C([2H])([2H])[C@]2([2H])N([2H])C(=O)OC2([2H])[2H])c([2H])c2c(C([2H])([2H])C([2H])([2H])N(C)C)c([2H])n([2H])c2c1[2H]. The van der Waals surface area contributed by atoms with Gasteiger partial charge in [0.2, 0.25) is 0 Å². The van der Waals surface area contributed by atoms with Gasteiger partial charge >= 0.3 is 6.09 Å². The summed E-state index contributed by atoms with van der Waals surface area (Å²) < 4.78 is 128. The van der Waals surface area contributed by atoms with Crippen LogP contribution in [-0.2, 0) is 17.5 Å². The number of H-pyrrole nitrogens is 1. The summed E-state index contributed by atoms with van der Waals surface area (Å²) in [7, 11) is 2.38. The van der Waals surface area contributed by atoms with Gasteiger partial charge in [-0.05, 0) is 50.1 Å². The molecule has 1 amide bonds. The van der Waals surface area contributed by atoms with Gasteiger partial charge in [0, 0.05) is 31.8 Å². The maximum absolute atomic E-state index is 11.9. The molecule has 3 rings (SSSR count). The third-order valence-corrected chi connectivity index (χ3v) is 2.41. The normalized spacial score (nSPS) is 37.0. The van der Waals surface area contributed by atoms with Crippen molar-refractivity contribution in [1.82, 2.24) is 15.2 Å². The Morgan fingerprint density at radius 2 is 2.52 bits per heavy atom. The smallest absolute Gasteiger partial charge is 0.407 e. The van der Waals surface area contributed by atoms with Crippen molar-refractivity contribution < 1.29 is 30.2 Å². The highest BCUT2D eigenvalue weighted by Crippen LogP contribution is 2.21. The van der Waals surface area contributed by atoms with Crippen molar-refractivity contribution in [3.8, 4) is 0 Å². The van der Waals surface area contributed by atoms with Crippen molar-refractivity contribution in [2.45, 2.75) is 18.8 Å². The molecule has 1 aliphatic heterocycles. The quantitative estimate of drug-likeness (QED) is 0.887. The number of hydrogen-bond donors (Lipinski definition) is 2. The number of benzene rings is 1. The Balaban J connectivity index is 2.53. The average molecular weight is 302 g/mol. The fourth-order valence-corrected chi connectivity index (χ4v) is 1.55. The van der Waals surface area contributed by atoms with Gasteiger partial charge in [0.05, 0.1) is 15.6 Å². The molecule has 5 nitrogen and oxygen atoms in total. The maximum Gasteiger partial charge on any atom is 0.407 e. The second-order valence-corrected chi connectivity index (χ2v) is 4.26. The summed E-state index contributed by atoms with van der Waals surface area (Å²) in [5.74, 6) is 0. The zero-order valence-electron chi connectivity index (χ0n) is 26.2. The van der Waals surface area contributed by atoms with Crippen LogP contribution in [0.2, 0.25) is 2.82 Å². The monoisotopic (exact) mass is 302 g/mol. The van der Waals surface area contributed by atoms with Crippen molar-refractivity contribution in [2.75, 3.05) is 27.2 Å². The molecule has 1 aromatic heterocycles. The summed E-state index contributed by atoms with van der Waals surface area (Å²) in [5, 5.41) is -1.23. The van der Waals surface area contributed by atoms with E-state index in [1.165, 1.54) is 14.1 Å². The summed E-state index contributed by atoms with van der Waals surface area (Å²) in [6, 6.07) is -6.82. The molecule has 112 valence electrons. The molecular formula is C16H21N3O2. The number of aryl methyl sites for hydroxylation is 1. The Morgan fingerprint density at radius 3 is 3.24 bits per heavy atom.